The lowest BCUT2D eigenvalue weighted by molar-refractivity contribution is 0.450. The number of phenols is 2. The van der Waals surface area contributed by atoms with Crippen LogP contribution in [0.1, 0.15) is 0 Å². The van der Waals surface area contributed by atoms with Gasteiger partial charge in [0.2, 0.25) is 0 Å². The van der Waals surface area contributed by atoms with Gasteiger partial charge in [-0.15, -0.1) is 0 Å². The largest absolute Gasteiger partial charge is 0.508 e. The minimum Gasteiger partial charge on any atom is -0.508 e. The van der Waals surface area contributed by atoms with E-state index in [-0.39, 0.29) is 11.5 Å². The summed E-state index contributed by atoms with van der Waals surface area (Å²) < 4.78 is 2.05. The van der Waals surface area contributed by atoms with Crippen LogP contribution in [-0.2, 0) is 0 Å². The van der Waals surface area contributed by atoms with Crippen LogP contribution in [0, 0.1) is 0 Å². The Morgan fingerprint density at radius 1 is 0.619 bits per heavy atom. The monoisotopic (exact) mass is 275 g/mol. The zero-order valence-electron chi connectivity index (χ0n) is 11.2. The Morgan fingerprint density at radius 2 is 1.10 bits per heavy atom. The molecule has 1 aromatic heterocycles. The van der Waals surface area contributed by atoms with Crippen LogP contribution in [0.5, 0.6) is 11.5 Å². The molecule has 0 aliphatic carbocycles. The Kier molecular flexibility index (Phi) is 2.42. The summed E-state index contributed by atoms with van der Waals surface area (Å²) >= 11 is 0. The molecular formula is C18H13NO2. The molecule has 0 saturated heterocycles. The SMILES string of the molecule is Oc1cc(O)cc(-n2c3ccccc3c3ccccc32)c1. The summed E-state index contributed by atoms with van der Waals surface area (Å²) in [6.07, 6.45) is 0. The van der Waals surface area contributed by atoms with Crippen molar-refractivity contribution in [3.8, 4) is 17.2 Å². The van der Waals surface area contributed by atoms with E-state index in [4.69, 9.17) is 0 Å². The fourth-order valence-electron chi connectivity index (χ4n) is 2.91. The number of phenolic OH excluding ortho intramolecular Hbond substituents is 2. The van der Waals surface area contributed by atoms with E-state index in [0.717, 1.165) is 27.5 Å². The number of hydrogen-bond donors (Lipinski definition) is 2. The first-order valence-corrected chi connectivity index (χ1v) is 6.75. The molecule has 0 aliphatic rings. The Morgan fingerprint density at radius 3 is 1.62 bits per heavy atom. The van der Waals surface area contributed by atoms with Gasteiger partial charge in [0.1, 0.15) is 11.5 Å². The third-order valence-corrected chi connectivity index (χ3v) is 3.73. The molecule has 0 atom stereocenters. The first-order valence-electron chi connectivity index (χ1n) is 6.75. The molecule has 3 aromatic carbocycles. The summed E-state index contributed by atoms with van der Waals surface area (Å²) in [6, 6.07) is 20.9. The second-order valence-corrected chi connectivity index (χ2v) is 5.08. The van der Waals surface area contributed by atoms with Gasteiger partial charge in [0.25, 0.3) is 0 Å². The molecule has 2 N–H and O–H groups in total. The van der Waals surface area contributed by atoms with Gasteiger partial charge in [-0.2, -0.15) is 0 Å². The molecule has 0 radical (unpaired) electrons. The highest BCUT2D eigenvalue weighted by Crippen LogP contribution is 2.33. The molecule has 0 spiro atoms. The molecular weight excluding hydrogens is 262 g/mol. The van der Waals surface area contributed by atoms with Crippen LogP contribution in [0.3, 0.4) is 0 Å². The van der Waals surface area contributed by atoms with E-state index in [1.54, 1.807) is 12.1 Å². The molecule has 0 aliphatic heterocycles. The highest BCUT2D eigenvalue weighted by atomic mass is 16.3. The normalized spacial score (nSPS) is 11.2. The number of rotatable bonds is 1. The van der Waals surface area contributed by atoms with Crippen molar-refractivity contribution in [2.24, 2.45) is 0 Å². The zero-order chi connectivity index (χ0) is 14.4. The number of hydrogen-bond acceptors (Lipinski definition) is 2. The average Bonchev–Trinajstić information content (AvgIpc) is 2.81. The maximum atomic E-state index is 9.76. The minimum absolute atomic E-state index is 0.0480. The summed E-state index contributed by atoms with van der Waals surface area (Å²) in [4.78, 5) is 0. The zero-order valence-corrected chi connectivity index (χ0v) is 11.2. The van der Waals surface area contributed by atoms with Crippen LogP contribution in [0.15, 0.2) is 66.7 Å². The summed E-state index contributed by atoms with van der Waals surface area (Å²) in [5.74, 6) is 0.0960. The predicted molar refractivity (Wildman–Crippen MR) is 84.1 cm³/mol. The lowest BCUT2D eigenvalue weighted by Gasteiger charge is -2.08. The van der Waals surface area contributed by atoms with Gasteiger partial charge in [-0.1, -0.05) is 36.4 Å². The Balaban J connectivity index is 2.20. The lowest BCUT2D eigenvalue weighted by atomic mass is 10.2. The van der Waals surface area contributed by atoms with Crippen LogP contribution in [0.4, 0.5) is 0 Å². The molecule has 3 nitrogen and oxygen atoms in total. The molecule has 4 rings (SSSR count). The number of fused-ring (bicyclic) bond motifs is 3. The number of benzene rings is 3. The maximum absolute atomic E-state index is 9.76. The molecule has 0 saturated carbocycles. The van der Waals surface area contributed by atoms with Crippen molar-refractivity contribution in [3.63, 3.8) is 0 Å². The van der Waals surface area contributed by atoms with Gasteiger partial charge in [-0.25, -0.2) is 0 Å². The third-order valence-electron chi connectivity index (χ3n) is 3.73. The average molecular weight is 275 g/mol. The minimum atomic E-state index is 0.0480. The summed E-state index contributed by atoms with van der Waals surface area (Å²) in [7, 11) is 0. The van der Waals surface area contributed by atoms with Crippen LogP contribution in [0.2, 0.25) is 0 Å². The van der Waals surface area contributed by atoms with Gasteiger partial charge < -0.3 is 14.8 Å². The van der Waals surface area contributed by atoms with E-state index >= 15 is 0 Å². The lowest BCUT2D eigenvalue weighted by Crippen LogP contribution is -1.93. The van der Waals surface area contributed by atoms with Crippen molar-refractivity contribution in [2.75, 3.05) is 0 Å². The molecule has 0 unspecified atom stereocenters. The van der Waals surface area contributed by atoms with Crippen molar-refractivity contribution in [3.05, 3.63) is 66.7 Å². The number of aromatic hydroxyl groups is 2. The van der Waals surface area contributed by atoms with Gasteiger partial charge >= 0.3 is 0 Å². The van der Waals surface area contributed by atoms with Crippen LogP contribution >= 0.6 is 0 Å². The van der Waals surface area contributed by atoms with E-state index in [9.17, 15) is 10.2 Å². The van der Waals surface area contributed by atoms with Gasteiger partial charge in [0.05, 0.1) is 16.7 Å². The maximum Gasteiger partial charge on any atom is 0.121 e. The molecule has 0 amide bonds. The molecule has 3 heteroatoms. The van der Waals surface area contributed by atoms with Gasteiger partial charge in [0.15, 0.2) is 0 Å². The smallest absolute Gasteiger partial charge is 0.121 e. The van der Waals surface area contributed by atoms with Crippen molar-refractivity contribution in [2.45, 2.75) is 0 Å². The van der Waals surface area contributed by atoms with Gasteiger partial charge in [0, 0.05) is 29.0 Å². The highest BCUT2D eigenvalue weighted by Gasteiger charge is 2.12. The van der Waals surface area contributed by atoms with Crippen molar-refractivity contribution in [1.29, 1.82) is 0 Å². The molecule has 1 heterocycles. The highest BCUT2D eigenvalue weighted by molar-refractivity contribution is 6.09. The summed E-state index contributed by atoms with van der Waals surface area (Å²) in [5.41, 5.74) is 2.83. The predicted octanol–water partition coefficient (Wildman–Crippen LogP) is 4.19. The topological polar surface area (TPSA) is 45.4 Å². The second kappa shape index (κ2) is 4.28. The van der Waals surface area contributed by atoms with Crippen LogP contribution in [0.25, 0.3) is 27.5 Å². The summed E-state index contributed by atoms with van der Waals surface area (Å²) in [5, 5.41) is 21.8. The van der Waals surface area contributed by atoms with E-state index < -0.39 is 0 Å². The third kappa shape index (κ3) is 1.75. The van der Waals surface area contributed by atoms with E-state index in [1.165, 1.54) is 6.07 Å². The van der Waals surface area contributed by atoms with Crippen molar-refractivity contribution >= 4 is 21.8 Å². The standard InChI is InChI=1S/C18H13NO2/c20-13-9-12(10-14(21)11-13)19-17-7-3-1-5-15(17)16-6-2-4-8-18(16)19/h1-11,20-21H. The fourth-order valence-corrected chi connectivity index (χ4v) is 2.91. The first kappa shape index (κ1) is 11.9. The number of para-hydroxylation sites is 2. The van der Waals surface area contributed by atoms with Crippen molar-refractivity contribution in [1.82, 2.24) is 4.57 Å². The quantitative estimate of drug-likeness (QED) is 0.547. The van der Waals surface area contributed by atoms with Crippen molar-refractivity contribution < 1.29 is 10.2 Å². The molecule has 21 heavy (non-hydrogen) atoms. The molecule has 102 valence electrons. The van der Waals surface area contributed by atoms with E-state index in [0.29, 0.717) is 0 Å². The Hall–Kier alpha value is -2.94. The number of nitrogens with zero attached hydrogens (tertiary/aromatic N) is 1. The van der Waals surface area contributed by atoms with Crippen LogP contribution in [-0.4, -0.2) is 14.8 Å². The Bertz CT molecular complexity index is 896. The van der Waals surface area contributed by atoms with Crippen LogP contribution < -0.4 is 0 Å². The summed E-state index contributed by atoms with van der Waals surface area (Å²) in [6.45, 7) is 0. The Labute approximate surface area is 121 Å². The fraction of sp³-hybridized carbons (Fsp3) is 0. The first-order chi connectivity index (χ1) is 10.2. The molecule has 0 bridgehead atoms. The molecule has 0 fully saturated rings. The van der Waals surface area contributed by atoms with Gasteiger partial charge in [-0.05, 0) is 12.1 Å². The second-order valence-electron chi connectivity index (χ2n) is 5.08. The van der Waals surface area contributed by atoms with E-state index in [2.05, 4.69) is 12.1 Å². The molecule has 4 aromatic rings. The number of aromatic nitrogens is 1. The van der Waals surface area contributed by atoms with E-state index in [1.807, 2.05) is 41.0 Å². The van der Waals surface area contributed by atoms with Gasteiger partial charge in [-0.3, -0.25) is 0 Å².